The fraction of sp³-hybridized carbons (Fsp3) is 1.00. The van der Waals surface area contributed by atoms with Crippen LogP contribution in [-0.2, 0) is 14.3 Å². The molecule has 0 bridgehead atoms. The summed E-state index contributed by atoms with van der Waals surface area (Å²) < 4.78 is 10.9. The molecule has 4 heteroatoms. The molecule has 1 heterocycles. The van der Waals surface area contributed by atoms with E-state index in [0.29, 0.717) is 19.3 Å². The van der Waals surface area contributed by atoms with E-state index in [0.717, 1.165) is 19.4 Å². The van der Waals surface area contributed by atoms with Crippen molar-refractivity contribution in [1.29, 1.82) is 0 Å². The Balaban J connectivity index is 1.70. The third kappa shape index (κ3) is 3.17. The SMILES string of the molecule is COCCONC1CCOC2(CCCC2)C1. The summed E-state index contributed by atoms with van der Waals surface area (Å²) in [5, 5.41) is 0. The molecular weight excluding hydrogens is 206 g/mol. The molecule has 0 radical (unpaired) electrons. The van der Waals surface area contributed by atoms with Gasteiger partial charge in [0.05, 0.1) is 18.8 Å². The molecule has 1 aliphatic heterocycles. The van der Waals surface area contributed by atoms with Crippen LogP contribution in [0.4, 0.5) is 0 Å². The molecule has 0 aromatic rings. The highest BCUT2D eigenvalue weighted by molar-refractivity contribution is 4.92. The van der Waals surface area contributed by atoms with Crippen LogP contribution >= 0.6 is 0 Å². The van der Waals surface area contributed by atoms with Crippen molar-refractivity contribution in [3.63, 3.8) is 0 Å². The Labute approximate surface area is 97.6 Å². The van der Waals surface area contributed by atoms with Crippen molar-refractivity contribution in [1.82, 2.24) is 5.48 Å². The fourth-order valence-electron chi connectivity index (χ4n) is 2.80. The van der Waals surface area contributed by atoms with E-state index in [4.69, 9.17) is 14.3 Å². The number of hydrogen-bond acceptors (Lipinski definition) is 4. The topological polar surface area (TPSA) is 39.7 Å². The molecule has 1 spiro atoms. The number of rotatable bonds is 5. The van der Waals surface area contributed by atoms with Crippen molar-refractivity contribution in [3.05, 3.63) is 0 Å². The zero-order valence-corrected chi connectivity index (χ0v) is 10.2. The Morgan fingerprint density at radius 2 is 2.12 bits per heavy atom. The minimum absolute atomic E-state index is 0.167. The van der Waals surface area contributed by atoms with Gasteiger partial charge in [-0.05, 0) is 25.7 Å². The molecule has 2 rings (SSSR count). The summed E-state index contributed by atoms with van der Waals surface area (Å²) >= 11 is 0. The predicted octanol–water partition coefficient (Wildman–Crippen LogP) is 1.65. The van der Waals surface area contributed by atoms with Gasteiger partial charge in [-0.25, -0.2) is 0 Å². The molecule has 2 fully saturated rings. The summed E-state index contributed by atoms with van der Waals surface area (Å²) in [5.74, 6) is 0. The maximum Gasteiger partial charge on any atom is 0.0915 e. The van der Waals surface area contributed by atoms with Crippen molar-refractivity contribution < 1.29 is 14.3 Å². The second kappa shape index (κ2) is 5.96. The molecule has 1 saturated heterocycles. The minimum atomic E-state index is 0.167. The minimum Gasteiger partial charge on any atom is -0.382 e. The van der Waals surface area contributed by atoms with Crippen LogP contribution in [-0.4, -0.2) is 38.6 Å². The summed E-state index contributed by atoms with van der Waals surface area (Å²) in [6.45, 7) is 2.12. The molecule has 1 aliphatic carbocycles. The summed E-state index contributed by atoms with van der Waals surface area (Å²) in [6.07, 6.45) is 7.23. The zero-order chi connectivity index (χ0) is 11.3. The first-order valence-corrected chi connectivity index (χ1v) is 6.35. The van der Waals surface area contributed by atoms with Gasteiger partial charge in [0, 0.05) is 19.8 Å². The standard InChI is InChI=1S/C12H23NO3/c1-14-8-9-16-13-11-4-7-15-12(10-11)5-2-3-6-12/h11,13H,2-10H2,1H3. The van der Waals surface area contributed by atoms with E-state index in [1.54, 1.807) is 7.11 Å². The van der Waals surface area contributed by atoms with Crippen LogP contribution in [0.3, 0.4) is 0 Å². The maximum atomic E-state index is 5.96. The van der Waals surface area contributed by atoms with Gasteiger partial charge in [-0.1, -0.05) is 12.8 Å². The predicted molar refractivity (Wildman–Crippen MR) is 61.1 cm³/mol. The lowest BCUT2D eigenvalue weighted by Crippen LogP contribution is -2.45. The van der Waals surface area contributed by atoms with Crippen LogP contribution in [0.15, 0.2) is 0 Å². The first-order valence-electron chi connectivity index (χ1n) is 6.35. The highest BCUT2D eigenvalue weighted by atomic mass is 16.7. The van der Waals surface area contributed by atoms with Crippen molar-refractivity contribution in [2.75, 3.05) is 26.9 Å². The van der Waals surface area contributed by atoms with Gasteiger partial charge in [0.2, 0.25) is 0 Å². The van der Waals surface area contributed by atoms with E-state index in [1.165, 1.54) is 25.7 Å². The number of hydrogen-bond donors (Lipinski definition) is 1. The average molecular weight is 229 g/mol. The Bertz CT molecular complexity index is 204. The Morgan fingerprint density at radius 3 is 2.88 bits per heavy atom. The quantitative estimate of drug-likeness (QED) is 0.575. The normalized spacial score (nSPS) is 28.7. The van der Waals surface area contributed by atoms with E-state index in [-0.39, 0.29) is 5.60 Å². The van der Waals surface area contributed by atoms with Crippen LogP contribution in [0.1, 0.15) is 38.5 Å². The Morgan fingerprint density at radius 1 is 1.31 bits per heavy atom. The van der Waals surface area contributed by atoms with Gasteiger partial charge in [-0.3, -0.25) is 4.84 Å². The van der Waals surface area contributed by atoms with Crippen molar-refractivity contribution >= 4 is 0 Å². The van der Waals surface area contributed by atoms with Crippen LogP contribution in [0.2, 0.25) is 0 Å². The first kappa shape index (κ1) is 12.3. The summed E-state index contributed by atoms with van der Waals surface area (Å²) in [6, 6.07) is 0.448. The van der Waals surface area contributed by atoms with Gasteiger partial charge < -0.3 is 9.47 Å². The first-order chi connectivity index (χ1) is 7.85. The highest BCUT2D eigenvalue weighted by Crippen LogP contribution is 2.39. The maximum absolute atomic E-state index is 5.96. The number of nitrogens with one attached hydrogen (secondary N) is 1. The summed E-state index contributed by atoms with van der Waals surface area (Å²) in [5.41, 5.74) is 3.31. The van der Waals surface area contributed by atoms with Gasteiger partial charge in [-0.2, -0.15) is 5.48 Å². The summed E-state index contributed by atoms with van der Waals surface area (Å²) in [7, 11) is 1.69. The molecule has 1 atom stereocenters. The Kier molecular flexibility index (Phi) is 4.58. The third-order valence-electron chi connectivity index (χ3n) is 3.65. The van der Waals surface area contributed by atoms with Gasteiger partial charge in [0.1, 0.15) is 0 Å². The van der Waals surface area contributed by atoms with Gasteiger partial charge in [0.25, 0.3) is 0 Å². The van der Waals surface area contributed by atoms with E-state index in [9.17, 15) is 0 Å². The Hall–Kier alpha value is -0.160. The highest BCUT2D eigenvalue weighted by Gasteiger charge is 2.39. The molecule has 94 valence electrons. The zero-order valence-electron chi connectivity index (χ0n) is 10.2. The second-order valence-electron chi connectivity index (χ2n) is 4.89. The lowest BCUT2D eigenvalue weighted by atomic mass is 9.89. The number of methoxy groups -OCH3 is 1. The van der Waals surface area contributed by atoms with Gasteiger partial charge in [0.15, 0.2) is 0 Å². The van der Waals surface area contributed by atoms with Crippen molar-refractivity contribution in [3.8, 4) is 0 Å². The molecule has 1 unspecified atom stereocenters. The molecule has 16 heavy (non-hydrogen) atoms. The van der Waals surface area contributed by atoms with E-state index in [2.05, 4.69) is 5.48 Å². The smallest absolute Gasteiger partial charge is 0.0915 e. The van der Waals surface area contributed by atoms with Crippen molar-refractivity contribution in [2.45, 2.75) is 50.2 Å². The van der Waals surface area contributed by atoms with Gasteiger partial charge in [-0.15, -0.1) is 0 Å². The van der Waals surface area contributed by atoms with Crippen LogP contribution in [0, 0.1) is 0 Å². The third-order valence-corrected chi connectivity index (χ3v) is 3.65. The molecule has 1 N–H and O–H groups in total. The van der Waals surface area contributed by atoms with Crippen molar-refractivity contribution in [2.24, 2.45) is 0 Å². The lowest BCUT2D eigenvalue weighted by molar-refractivity contribution is -0.111. The number of hydroxylamine groups is 1. The van der Waals surface area contributed by atoms with Crippen LogP contribution < -0.4 is 5.48 Å². The second-order valence-corrected chi connectivity index (χ2v) is 4.89. The average Bonchev–Trinajstić information content (AvgIpc) is 2.73. The molecule has 2 aliphatic rings. The molecule has 0 aromatic carbocycles. The molecular formula is C12H23NO3. The molecule has 0 aromatic heterocycles. The lowest BCUT2D eigenvalue weighted by Gasteiger charge is -2.38. The van der Waals surface area contributed by atoms with Gasteiger partial charge >= 0.3 is 0 Å². The fourth-order valence-corrected chi connectivity index (χ4v) is 2.80. The number of ether oxygens (including phenoxy) is 2. The molecule has 4 nitrogen and oxygen atoms in total. The van der Waals surface area contributed by atoms with E-state index < -0.39 is 0 Å². The largest absolute Gasteiger partial charge is 0.382 e. The van der Waals surface area contributed by atoms with Crippen LogP contribution in [0.5, 0.6) is 0 Å². The summed E-state index contributed by atoms with van der Waals surface area (Å²) in [4.78, 5) is 5.39. The molecule has 0 amide bonds. The van der Waals surface area contributed by atoms with Crippen LogP contribution in [0.25, 0.3) is 0 Å². The monoisotopic (exact) mass is 229 g/mol. The molecule has 1 saturated carbocycles. The van der Waals surface area contributed by atoms with E-state index >= 15 is 0 Å². The van der Waals surface area contributed by atoms with E-state index in [1.807, 2.05) is 0 Å².